The molecular weight excluding hydrogens is 518 g/mol. The molecule has 38 heavy (non-hydrogen) atoms. The number of amides is 3. The summed E-state index contributed by atoms with van der Waals surface area (Å²) in [5.74, 6) is -0.515. The summed E-state index contributed by atoms with van der Waals surface area (Å²) in [5, 5.41) is 3.96. The molecule has 1 aliphatic heterocycles. The quantitative estimate of drug-likeness (QED) is 0.251. The number of rotatable bonds is 7. The number of benzene rings is 3. The summed E-state index contributed by atoms with van der Waals surface area (Å²) in [7, 11) is 0. The van der Waals surface area contributed by atoms with Crippen LogP contribution in [0.25, 0.3) is 17.0 Å². The van der Waals surface area contributed by atoms with E-state index in [4.69, 9.17) is 11.6 Å². The lowest BCUT2D eigenvalue weighted by Gasteiger charge is -2.13. The van der Waals surface area contributed by atoms with Crippen molar-refractivity contribution >= 4 is 63.1 Å². The fourth-order valence-electron chi connectivity index (χ4n) is 4.38. The van der Waals surface area contributed by atoms with Crippen LogP contribution in [0.2, 0.25) is 5.02 Å². The van der Waals surface area contributed by atoms with Crippen LogP contribution in [0.1, 0.15) is 36.5 Å². The number of anilines is 1. The van der Waals surface area contributed by atoms with Crippen molar-refractivity contribution in [3.05, 3.63) is 106 Å². The van der Waals surface area contributed by atoms with Crippen LogP contribution >= 0.6 is 23.4 Å². The molecule has 6 nitrogen and oxygen atoms in total. The van der Waals surface area contributed by atoms with Crippen LogP contribution in [0.5, 0.6) is 0 Å². The Morgan fingerprint density at radius 2 is 1.71 bits per heavy atom. The van der Waals surface area contributed by atoms with E-state index in [0.29, 0.717) is 28.1 Å². The first-order valence-corrected chi connectivity index (χ1v) is 13.5. The summed E-state index contributed by atoms with van der Waals surface area (Å²) in [6, 6.07) is 23.1. The highest BCUT2D eigenvalue weighted by Gasteiger charge is 2.36. The molecule has 5 rings (SSSR count). The smallest absolute Gasteiger partial charge is 0.294 e. The number of fused-ring (bicyclic) bond motifs is 1. The van der Waals surface area contributed by atoms with Crippen molar-refractivity contribution < 1.29 is 14.4 Å². The third-order valence-electron chi connectivity index (χ3n) is 6.41. The first kappa shape index (κ1) is 25.8. The van der Waals surface area contributed by atoms with Crippen molar-refractivity contribution in [3.63, 3.8) is 0 Å². The van der Waals surface area contributed by atoms with Gasteiger partial charge in [0.15, 0.2) is 0 Å². The minimum Gasteiger partial charge on any atom is -0.342 e. The fraction of sp³-hybridized carbons (Fsp3) is 0.167. The Labute approximate surface area is 230 Å². The molecule has 0 atom stereocenters. The molecule has 4 aromatic rings. The average molecular weight is 544 g/mol. The van der Waals surface area contributed by atoms with Crippen molar-refractivity contribution in [3.8, 4) is 0 Å². The van der Waals surface area contributed by atoms with E-state index in [1.54, 1.807) is 6.08 Å². The van der Waals surface area contributed by atoms with Gasteiger partial charge >= 0.3 is 0 Å². The van der Waals surface area contributed by atoms with Crippen LogP contribution in [-0.4, -0.2) is 33.1 Å². The number of nitrogens with zero attached hydrogens (tertiary/aromatic N) is 2. The number of carbonyl (C=O) groups excluding carboxylic acids is 3. The minimum absolute atomic E-state index is 0.290. The van der Waals surface area contributed by atoms with E-state index in [0.717, 1.165) is 44.3 Å². The molecule has 3 amide bonds. The minimum atomic E-state index is -0.472. The number of imide groups is 1. The van der Waals surface area contributed by atoms with Gasteiger partial charge in [-0.05, 0) is 65.2 Å². The van der Waals surface area contributed by atoms with E-state index >= 15 is 0 Å². The highest BCUT2D eigenvalue weighted by Crippen LogP contribution is 2.34. The van der Waals surface area contributed by atoms with E-state index < -0.39 is 17.1 Å². The highest BCUT2D eigenvalue weighted by atomic mass is 35.5. The maximum absolute atomic E-state index is 13.1. The summed E-state index contributed by atoms with van der Waals surface area (Å²) in [6.07, 6.45) is 3.70. The van der Waals surface area contributed by atoms with Gasteiger partial charge in [-0.1, -0.05) is 67.9 Å². The predicted octanol–water partition coefficient (Wildman–Crippen LogP) is 7.14. The fourth-order valence-corrected chi connectivity index (χ4v) is 5.34. The second-order valence-corrected chi connectivity index (χ2v) is 10.9. The number of para-hydroxylation sites is 1. The second kappa shape index (κ2) is 10.9. The molecule has 1 aliphatic rings. The average Bonchev–Trinajstić information content (AvgIpc) is 3.37. The van der Waals surface area contributed by atoms with Crippen LogP contribution in [0.4, 0.5) is 10.5 Å². The molecule has 0 aliphatic carbocycles. The SMILES string of the molecule is CC(C)c1ccc(NC(=O)CN2C(=O)S/C(=C\c3cn(Cc4ccc(Cl)cc4)c4ccccc34)C2=O)cc1. The second-order valence-electron chi connectivity index (χ2n) is 9.45. The summed E-state index contributed by atoms with van der Waals surface area (Å²) in [4.78, 5) is 39.7. The van der Waals surface area contributed by atoms with Gasteiger partial charge in [0, 0.05) is 39.9 Å². The first-order valence-electron chi connectivity index (χ1n) is 12.3. The molecule has 0 saturated carbocycles. The molecule has 0 unspecified atom stereocenters. The standard InChI is InChI=1S/C30H26ClN3O3S/c1-19(2)21-9-13-24(14-10-21)32-28(35)18-34-29(36)27(38-30(34)37)15-22-17-33(26-6-4-3-5-25(22)26)16-20-7-11-23(31)12-8-20/h3-15,17,19H,16,18H2,1-2H3,(H,32,35)/b27-15-. The van der Waals surface area contributed by atoms with Gasteiger partial charge in [0.1, 0.15) is 6.54 Å². The van der Waals surface area contributed by atoms with E-state index in [1.807, 2.05) is 79.0 Å². The molecule has 3 aromatic carbocycles. The lowest BCUT2D eigenvalue weighted by atomic mass is 10.0. The maximum atomic E-state index is 13.1. The van der Waals surface area contributed by atoms with Crippen LogP contribution in [0.15, 0.2) is 83.9 Å². The summed E-state index contributed by atoms with van der Waals surface area (Å²) < 4.78 is 2.10. The van der Waals surface area contributed by atoms with E-state index in [9.17, 15) is 14.4 Å². The Hall–Kier alpha value is -3.81. The number of halogens is 1. The molecule has 0 radical (unpaired) electrons. The van der Waals surface area contributed by atoms with Gasteiger partial charge in [-0.25, -0.2) is 0 Å². The molecule has 192 valence electrons. The maximum Gasteiger partial charge on any atom is 0.294 e. The van der Waals surface area contributed by atoms with Crippen molar-refractivity contribution in [2.75, 3.05) is 11.9 Å². The number of carbonyl (C=O) groups is 3. The normalized spacial score (nSPS) is 14.7. The molecule has 1 N–H and O–H groups in total. The lowest BCUT2D eigenvalue weighted by Crippen LogP contribution is -2.36. The third kappa shape index (κ3) is 5.54. The zero-order valence-electron chi connectivity index (χ0n) is 21.0. The van der Waals surface area contributed by atoms with Crippen LogP contribution in [0, 0.1) is 0 Å². The Balaban J connectivity index is 1.33. The van der Waals surface area contributed by atoms with Gasteiger partial charge in [0.2, 0.25) is 5.91 Å². The Morgan fingerprint density at radius 3 is 2.42 bits per heavy atom. The van der Waals surface area contributed by atoms with Crippen LogP contribution in [0.3, 0.4) is 0 Å². The molecule has 0 bridgehead atoms. The summed E-state index contributed by atoms with van der Waals surface area (Å²) in [6.45, 7) is 4.48. The molecule has 0 spiro atoms. The van der Waals surface area contributed by atoms with Crippen molar-refractivity contribution in [2.45, 2.75) is 26.3 Å². The highest BCUT2D eigenvalue weighted by molar-refractivity contribution is 8.18. The molecule has 1 fully saturated rings. The van der Waals surface area contributed by atoms with Gasteiger partial charge in [-0.3, -0.25) is 19.3 Å². The monoisotopic (exact) mass is 543 g/mol. The van der Waals surface area contributed by atoms with E-state index in [-0.39, 0.29) is 6.54 Å². The zero-order chi connectivity index (χ0) is 26.8. The van der Waals surface area contributed by atoms with Gasteiger partial charge < -0.3 is 9.88 Å². The van der Waals surface area contributed by atoms with E-state index in [1.165, 1.54) is 0 Å². The van der Waals surface area contributed by atoms with Crippen LogP contribution in [-0.2, 0) is 16.1 Å². The Bertz CT molecular complexity index is 1560. The van der Waals surface area contributed by atoms with Crippen molar-refractivity contribution in [1.82, 2.24) is 9.47 Å². The lowest BCUT2D eigenvalue weighted by molar-refractivity contribution is -0.127. The number of hydrogen-bond donors (Lipinski definition) is 1. The first-order chi connectivity index (χ1) is 18.3. The topological polar surface area (TPSA) is 71.4 Å². The van der Waals surface area contributed by atoms with Crippen LogP contribution < -0.4 is 5.32 Å². The van der Waals surface area contributed by atoms with Gasteiger partial charge in [-0.2, -0.15) is 0 Å². The summed E-state index contributed by atoms with van der Waals surface area (Å²) in [5.41, 5.74) is 4.71. The Morgan fingerprint density at radius 1 is 1.00 bits per heavy atom. The van der Waals surface area contributed by atoms with Crippen molar-refractivity contribution in [2.24, 2.45) is 0 Å². The third-order valence-corrected chi connectivity index (χ3v) is 7.57. The zero-order valence-corrected chi connectivity index (χ0v) is 22.6. The van der Waals surface area contributed by atoms with Gasteiger partial charge in [-0.15, -0.1) is 0 Å². The largest absolute Gasteiger partial charge is 0.342 e. The Kier molecular flexibility index (Phi) is 7.40. The molecule has 1 saturated heterocycles. The number of aromatic nitrogens is 1. The van der Waals surface area contributed by atoms with Gasteiger partial charge in [0.25, 0.3) is 11.1 Å². The van der Waals surface area contributed by atoms with Gasteiger partial charge in [0.05, 0.1) is 4.91 Å². The molecule has 1 aromatic heterocycles. The van der Waals surface area contributed by atoms with Crippen molar-refractivity contribution in [1.29, 1.82) is 0 Å². The summed E-state index contributed by atoms with van der Waals surface area (Å²) >= 11 is 6.88. The number of nitrogens with one attached hydrogen (secondary N) is 1. The molecular formula is C30H26ClN3O3S. The molecule has 2 heterocycles. The molecule has 8 heteroatoms. The number of hydrogen-bond acceptors (Lipinski definition) is 4. The number of thioether (sulfide) groups is 1. The van der Waals surface area contributed by atoms with E-state index in [2.05, 4.69) is 23.7 Å². The predicted molar refractivity (Wildman–Crippen MR) is 154 cm³/mol.